The Kier molecular flexibility index (Phi) is 5.00. The molecule has 0 amide bonds. The summed E-state index contributed by atoms with van der Waals surface area (Å²) in [6.07, 6.45) is 1.24. The van der Waals surface area contributed by atoms with Crippen molar-refractivity contribution in [3.8, 4) is 0 Å². The van der Waals surface area contributed by atoms with E-state index in [0.717, 1.165) is 6.42 Å². The van der Waals surface area contributed by atoms with Gasteiger partial charge in [-0.25, -0.2) is 0 Å². The van der Waals surface area contributed by atoms with Crippen LogP contribution in [-0.4, -0.2) is 21.5 Å². The van der Waals surface area contributed by atoms with Gasteiger partial charge in [-0.3, -0.25) is 20.2 Å². The predicted octanol–water partition coefficient (Wildman–Crippen LogP) is 2.33. The van der Waals surface area contributed by atoms with Crippen LogP contribution < -0.4 is 5.32 Å². The lowest BCUT2D eigenvalue weighted by molar-refractivity contribution is -0.384. The van der Waals surface area contributed by atoms with Crippen molar-refractivity contribution in [3.05, 3.63) is 39.9 Å². The first-order chi connectivity index (χ1) is 8.89. The van der Waals surface area contributed by atoms with E-state index in [1.807, 2.05) is 6.92 Å². The largest absolute Gasteiger partial charge is 0.480 e. The van der Waals surface area contributed by atoms with Crippen molar-refractivity contribution in [1.82, 2.24) is 5.32 Å². The van der Waals surface area contributed by atoms with Crippen LogP contribution in [0.25, 0.3) is 0 Å². The highest BCUT2D eigenvalue weighted by atomic mass is 16.6. The maximum absolute atomic E-state index is 11.2. The quantitative estimate of drug-likeness (QED) is 0.583. The number of aliphatic carboxylic acids is 1. The summed E-state index contributed by atoms with van der Waals surface area (Å²) in [4.78, 5) is 21.4. The number of carboxylic acid groups (broad SMARTS) is 1. The van der Waals surface area contributed by atoms with Gasteiger partial charge in [-0.2, -0.15) is 0 Å². The molecule has 1 aromatic rings. The van der Waals surface area contributed by atoms with E-state index in [4.69, 9.17) is 0 Å². The minimum absolute atomic E-state index is 0.00631. The molecular weight excluding hydrogens is 248 g/mol. The normalized spacial score (nSPS) is 13.8. The Labute approximate surface area is 111 Å². The summed E-state index contributed by atoms with van der Waals surface area (Å²) in [6.45, 7) is 3.82. The summed E-state index contributed by atoms with van der Waals surface area (Å²) in [7, 11) is 0. The second-order valence-electron chi connectivity index (χ2n) is 4.67. The van der Waals surface area contributed by atoms with E-state index in [9.17, 15) is 20.0 Å². The maximum Gasteiger partial charge on any atom is 0.323 e. The zero-order valence-corrected chi connectivity index (χ0v) is 11.0. The van der Waals surface area contributed by atoms with Crippen LogP contribution in [0.2, 0.25) is 0 Å². The lowest BCUT2D eigenvalue weighted by atomic mass is 9.96. The lowest BCUT2D eigenvalue weighted by Crippen LogP contribution is -2.48. The number of hydrogen-bond acceptors (Lipinski definition) is 4. The molecule has 0 spiro atoms. The van der Waals surface area contributed by atoms with Gasteiger partial charge < -0.3 is 5.11 Å². The molecule has 0 saturated carbocycles. The fraction of sp³-hybridized carbons (Fsp3) is 0.462. The second-order valence-corrected chi connectivity index (χ2v) is 4.67. The Balaban J connectivity index is 2.77. The molecule has 0 aliphatic rings. The first-order valence-electron chi connectivity index (χ1n) is 6.11. The molecule has 0 aromatic heterocycles. The van der Waals surface area contributed by atoms with Gasteiger partial charge in [-0.05, 0) is 18.9 Å². The number of nitrogens with one attached hydrogen (secondary N) is 1. The zero-order chi connectivity index (χ0) is 14.5. The summed E-state index contributed by atoms with van der Waals surface area (Å²) in [5, 5.41) is 22.8. The first-order valence-corrected chi connectivity index (χ1v) is 6.11. The van der Waals surface area contributed by atoms with Crippen molar-refractivity contribution >= 4 is 11.7 Å². The maximum atomic E-state index is 11.2. The third-order valence-corrected chi connectivity index (χ3v) is 3.03. The van der Waals surface area contributed by atoms with Gasteiger partial charge in [0.1, 0.15) is 5.54 Å². The minimum Gasteiger partial charge on any atom is -0.480 e. The molecule has 1 unspecified atom stereocenters. The number of benzene rings is 1. The van der Waals surface area contributed by atoms with Gasteiger partial charge >= 0.3 is 5.97 Å². The van der Waals surface area contributed by atoms with E-state index in [1.165, 1.54) is 12.1 Å². The topological polar surface area (TPSA) is 92.5 Å². The molecule has 0 heterocycles. The van der Waals surface area contributed by atoms with Gasteiger partial charge in [-0.1, -0.05) is 25.5 Å². The molecular formula is C13H18N2O4. The Morgan fingerprint density at radius 3 is 2.74 bits per heavy atom. The summed E-state index contributed by atoms with van der Waals surface area (Å²) in [5.74, 6) is -0.917. The molecule has 1 atom stereocenters. The number of hydrogen-bond donors (Lipinski definition) is 2. The fourth-order valence-corrected chi connectivity index (χ4v) is 1.85. The average Bonchev–Trinajstić information content (AvgIpc) is 2.37. The molecule has 0 aliphatic heterocycles. The Morgan fingerprint density at radius 2 is 2.21 bits per heavy atom. The van der Waals surface area contributed by atoms with Gasteiger partial charge in [0, 0.05) is 18.7 Å². The number of nitro benzene ring substituents is 1. The van der Waals surface area contributed by atoms with Crippen LogP contribution >= 0.6 is 0 Å². The van der Waals surface area contributed by atoms with Crippen molar-refractivity contribution in [2.75, 3.05) is 0 Å². The van der Waals surface area contributed by atoms with Crippen LogP contribution in [0.15, 0.2) is 24.3 Å². The molecule has 2 N–H and O–H groups in total. The van der Waals surface area contributed by atoms with Crippen LogP contribution in [-0.2, 0) is 11.3 Å². The third kappa shape index (κ3) is 4.03. The number of rotatable bonds is 7. The van der Waals surface area contributed by atoms with Crippen molar-refractivity contribution in [1.29, 1.82) is 0 Å². The number of nitrogens with zero attached hydrogens (tertiary/aromatic N) is 1. The Bertz CT molecular complexity index is 475. The molecule has 19 heavy (non-hydrogen) atoms. The number of carboxylic acids is 1. The fourth-order valence-electron chi connectivity index (χ4n) is 1.85. The van der Waals surface area contributed by atoms with E-state index < -0.39 is 16.4 Å². The minimum atomic E-state index is -1.01. The van der Waals surface area contributed by atoms with Crippen molar-refractivity contribution in [2.24, 2.45) is 0 Å². The van der Waals surface area contributed by atoms with Gasteiger partial charge in [-0.15, -0.1) is 0 Å². The summed E-state index contributed by atoms with van der Waals surface area (Å²) in [5.41, 5.74) is -0.316. The van der Waals surface area contributed by atoms with E-state index in [2.05, 4.69) is 5.32 Å². The van der Waals surface area contributed by atoms with E-state index in [0.29, 0.717) is 12.0 Å². The van der Waals surface area contributed by atoms with E-state index >= 15 is 0 Å². The summed E-state index contributed by atoms with van der Waals surface area (Å²) >= 11 is 0. The Morgan fingerprint density at radius 1 is 1.53 bits per heavy atom. The van der Waals surface area contributed by atoms with Gasteiger partial charge in [0.15, 0.2) is 0 Å². The molecule has 0 radical (unpaired) electrons. The average molecular weight is 266 g/mol. The third-order valence-electron chi connectivity index (χ3n) is 3.03. The second kappa shape index (κ2) is 6.29. The molecule has 0 aliphatic carbocycles. The molecule has 1 aromatic carbocycles. The first kappa shape index (κ1) is 15.1. The van der Waals surface area contributed by atoms with Crippen LogP contribution in [0.3, 0.4) is 0 Å². The molecule has 104 valence electrons. The molecule has 0 fully saturated rings. The van der Waals surface area contributed by atoms with Gasteiger partial charge in [0.2, 0.25) is 0 Å². The highest BCUT2D eigenvalue weighted by Gasteiger charge is 2.31. The van der Waals surface area contributed by atoms with Crippen LogP contribution in [0, 0.1) is 10.1 Å². The van der Waals surface area contributed by atoms with Crippen LogP contribution in [0.1, 0.15) is 32.3 Å². The van der Waals surface area contributed by atoms with Gasteiger partial charge in [0.05, 0.1) is 4.92 Å². The van der Waals surface area contributed by atoms with Crippen molar-refractivity contribution in [3.63, 3.8) is 0 Å². The Hall–Kier alpha value is -1.95. The molecule has 6 heteroatoms. The molecule has 1 rings (SSSR count). The molecule has 0 bridgehead atoms. The van der Waals surface area contributed by atoms with Crippen LogP contribution in [0.4, 0.5) is 5.69 Å². The van der Waals surface area contributed by atoms with E-state index in [-0.39, 0.29) is 12.2 Å². The van der Waals surface area contributed by atoms with Crippen molar-refractivity contribution in [2.45, 2.75) is 38.8 Å². The zero-order valence-electron chi connectivity index (χ0n) is 11.0. The summed E-state index contributed by atoms with van der Waals surface area (Å²) < 4.78 is 0. The lowest BCUT2D eigenvalue weighted by Gasteiger charge is -2.25. The van der Waals surface area contributed by atoms with E-state index in [1.54, 1.807) is 19.1 Å². The molecule has 6 nitrogen and oxygen atoms in total. The van der Waals surface area contributed by atoms with Crippen molar-refractivity contribution < 1.29 is 14.8 Å². The van der Waals surface area contributed by atoms with Gasteiger partial charge in [0.25, 0.3) is 5.69 Å². The number of nitro groups is 1. The number of carbonyl (C=O) groups is 1. The van der Waals surface area contributed by atoms with Crippen LogP contribution in [0.5, 0.6) is 0 Å². The predicted molar refractivity (Wildman–Crippen MR) is 70.9 cm³/mol. The monoisotopic (exact) mass is 266 g/mol. The summed E-state index contributed by atoms with van der Waals surface area (Å²) in [6, 6.07) is 6.18. The highest BCUT2D eigenvalue weighted by molar-refractivity contribution is 5.78. The highest BCUT2D eigenvalue weighted by Crippen LogP contribution is 2.16. The standard InChI is InChI=1S/C13H18N2O4/c1-3-7-13(2,12(16)17)14-9-10-5-4-6-11(8-10)15(18)19/h4-6,8,14H,3,7,9H2,1-2H3,(H,16,17). The SMILES string of the molecule is CCCC(C)(NCc1cccc([N+](=O)[O-])c1)C(=O)O. The molecule has 0 saturated heterocycles. The smallest absolute Gasteiger partial charge is 0.323 e. The number of non-ortho nitro benzene ring substituents is 1.